The van der Waals surface area contributed by atoms with Gasteiger partial charge < -0.3 is 30.3 Å². The summed E-state index contributed by atoms with van der Waals surface area (Å²) >= 11 is 2.53. The summed E-state index contributed by atoms with van der Waals surface area (Å²) in [5, 5.41) is 8.84. The van der Waals surface area contributed by atoms with Gasteiger partial charge in [-0.15, -0.1) is 23.1 Å². The van der Waals surface area contributed by atoms with Crippen molar-refractivity contribution in [2.45, 2.75) is 31.7 Å². The molecule has 4 amide bonds. The Morgan fingerprint density at radius 1 is 0.960 bits per heavy atom. The molecule has 11 nitrogen and oxygen atoms in total. The smallest absolute Gasteiger partial charge is 0.341 e. The molecule has 0 saturated carbocycles. The van der Waals surface area contributed by atoms with Crippen LogP contribution in [0.1, 0.15) is 50.6 Å². The van der Waals surface area contributed by atoms with Crippen molar-refractivity contribution in [3.8, 4) is 5.75 Å². The van der Waals surface area contributed by atoms with Crippen LogP contribution in [-0.4, -0.2) is 60.5 Å². The van der Waals surface area contributed by atoms with E-state index >= 15 is 0 Å². The molecule has 0 unspecified atom stereocenters. The fourth-order valence-corrected chi connectivity index (χ4v) is 7.22. The first-order chi connectivity index (χ1) is 24.1. The largest absolute Gasteiger partial charge is 0.497 e. The van der Waals surface area contributed by atoms with Crippen molar-refractivity contribution in [3.63, 3.8) is 0 Å². The molecule has 0 radical (unpaired) electrons. The summed E-state index contributed by atoms with van der Waals surface area (Å²) in [6.07, 6.45) is 2.06. The second-order valence-corrected chi connectivity index (χ2v) is 13.2. The van der Waals surface area contributed by atoms with E-state index in [-0.39, 0.29) is 29.9 Å². The number of nitrogens with one attached hydrogen (secondary N) is 3. The Hall–Kier alpha value is -5.40. The number of esters is 1. The fraction of sp³-hybridized carbons (Fsp3) is 0.216. The number of fused-ring (bicyclic) bond motifs is 1. The van der Waals surface area contributed by atoms with Gasteiger partial charge in [0.25, 0.3) is 11.8 Å². The zero-order valence-corrected chi connectivity index (χ0v) is 29.4. The average Bonchev–Trinajstić information content (AvgIpc) is 3.48. The maximum Gasteiger partial charge on any atom is 0.341 e. The standard InChI is InChI=1S/C37H36N4O7S2/c1-4-48-37(46)33-29-16-17-41(23(2)42)21-31(29)50-36(33)40-32(43)22-49-28-15-9-13-26(20-28)38-35(45)30(19-24-10-8-14-27(18-24)47-3)39-34(44)25-11-6-5-7-12-25/h5-15,18-20H,4,16-17,21-22H2,1-3H3,(H,38,45)(H,39,44)(H,40,43)/b30-19-. The molecule has 1 aliphatic rings. The highest BCUT2D eigenvalue weighted by Crippen LogP contribution is 2.38. The van der Waals surface area contributed by atoms with Crippen molar-refractivity contribution in [2.24, 2.45) is 0 Å². The molecule has 0 saturated heterocycles. The molecule has 0 fully saturated rings. The van der Waals surface area contributed by atoms with Crippen molar-refractivity contribution in [1.29, 1.82) is 0 Å². The zero-order chi connectivity index (χ0) is 35.6. The van der Waals surface area contributed by atoms with E-state index in [2.05, 4.69) is 16.0 Å². The number of carbonyl (C=O) groups excluding carboxylic acids is 5. The highest BCUT2D eigenvalue weighted by molar-refractivity contribution is 8.00. The van der Waals surface area contributed by atoms with Gasteiger partial charge in [-0.05, 0) is 73.0 Å². The predicted octanol–water partition coefficient (Wildman–Crippen LogP) is 5.98. The molecular weight excluding hydrogens is 677 g/mol. The molecular formula is C37H36N4O7S2. The predicted molar refractivity (Wildman–Crippen MR) is 194 cm³/mol. The number of thioether (sulfide) groups is 1. The summed E-state index contributed by atoms with van der Waals surface area (Å²) < 4.78 is 10.6. The number of methoxy groups -OCH3 is 1. The minimum Gasteiger partial charge on any atom is -0.497 e. The van der Waals surface area contributed by atoms with Gasteiger partial charge in [0.2, 0.25) is 11.8 Å². The fourth-order valence-electron chi connectivity index (χ4n) is 5.19. The Morgan fingerprint density at radius 3 is 2.48 bits per heavy atom. The van der Waals surface area contributed by atoms with Gasteiger partial charge in [0.15, 0.2) is 0 Å². The van der Waals surface area contributed by atoms with Crippen LogP contribution in [0, 0.1) is 0 Å². The lowest BCUT2D eigenvalue weighted by molar-refractivity contribution is -0.129. The number of thiophene rings is 1. The van der Waals surface area contributed by atoms with Crippen molar-refractivity contribution in [2.75, 3.05) is 36.6 Å². The van der Waals surface area contributed by atoms with Gasteiger partial charge in [0, 0.05) is 34.5 Å². The molecule has 0 aliphatic carbocycles. The second-order valence-electron chi connectivity index (χ2n) is 11.1. The number of hydrogen-bond donors (Lipinski definition) is 3. The van der Waals surface area contributed by atoms with Crippen LogP contribution < -0.4 is 20.7 Å². The van der Waals surface area contributed by atoms with E-state index in [4.69, 9.17) is 9.47 Å². The highest BCUT2D eigenvalue weighted by atomic mass is 32.2. The van der Waals surface area contributed by atoms with Gasteiger partial charge in [0.1, 0.15) is 16.4 Å². The highest BCUT2D eigenvalue weighted by Gasteiger charge is 2.30. The van der Waals surface area contributed by atoms with Gasteiger partial charge in [0.05, 0.1) is 31.6 Å². The van der Waals surface area contributed by atoms with E-state index in [1.807, 2.05) is 6.07 Å². The summed E-state index contributed by atoms with van der Waals surface area (Å²) in [4.78, 5) is 67.8. The minimum atomic E-state index is -0.548. The number of ether oxygens (including phenoxy) is 2. The molecule has 258 valence electrons. The molecule has 2 heterocycles. The number of benzene rings is 3. The normalized spacial score (nSPS) is 12.4. The van der Waals surface area contributed by atoms with Crippen molar-refractivity contribution >= 4 is 69.5 Å². The van der Waals surface area contributed by atoms with Crippen LogP contribution in [0.3, 0.4) is 0 Å². The summed E-state index contributed by atoms with van der Waals surface area (Å²) in [7, 11) is 1.54. The summed E-state index contributed by atoms with van der Waals surface area (Å²) in [6.45, 7) is 4.28. The molecule has 5 rings (SSSR count). The lowest BCUT2D eigenvalue weighted by Crippen LogP contribution is -2.34. The first kappa shape index (κ1) is 35.9. The Labute approximate surface area is 298 Å². The van der Waals surface area contributed by atoms with E-state index in [0.717, 1.165) is 10.4 Å². The summed E-state index contributed by atoms with van der Waals surface area (Å²) in [5.41, 5.74) is 2.66. The van der Waals surface area contributed by atoms with Crippen LogP contribution in [0.5, 0.6) is 5.75 Å². The Balaban J connectivity index is 1.28. The van der Waals surface area contributed by atoms with Gasteiger partial charge in [-0.1, -0.05) is 36.4 Å². The molecule has 4 aromatic rings. The first-order valence-electron chi connectivity index (χ1n) is 15.8. The van der Waals surface area contributed by atoms with E-state index in [1.54, 1.807) is 97.8 Å². The van der Waals surface area contributed by atoms with Crippen LogP contribution in [0.4, 0.5) is 10.7 Å². The van der Waals surface area contributed by atoms with Crippen LogP contribution in [0.15, 0.2) is 89.5 Å². The average molecular weight is 713 g/mol. The first-order valence-corrected chi connectivity index (χ1v) is 17.6. The van der Waals surface area contributed by atoms with Crippen LogP contribution in [0.25, 0.3) is 6.08 Å². The summed E-state index contributed by atoms with van der Waals surface area (Å²) in [6, 6.07) is 22.6. The third-order valence-corrected chi connectivity index (χ3v) is 9.76. The van der Waals surface area contributed by atoms with Crippen molar-refractivity contribution in [1.82, 2.24) is 10.2 Å². The van der Waals surface area contributed by atoms with Crippen molar-refractivity contribution < 1.29 is 33.4 Å². The molecule has 0 bridgehead atoms. The van der Waals surface area contributed by atoms with E-state index in [9.17, 15) is 24.0 Å². The quantitative estimate of drug-likeness (QED) is 0.0926. The van der Waals surface area contributed by atoms with Gasteiger partial charge >= 0.3 is 5.97 Å². The molecule has 3 N–H and O–H groups in total. The monoisotopic (exact) mass is 712 g/mol. The Morgan fingerprint density at radius 2 is 1.74 bits per heavy atom. The van der Waals surface area contributed by atoms with Crippen LogP contribution in [-0.2, 0) is 32.1 Å². The molecule has 0 spiro atoms. The van der Waals surface area contributed by atoms with Gasteiger partial charge in [-0.2, -0.15) is 0 Å². The molecule has 0 atom stereocenters. The lowest BCUT2D eigenvalue weighted by Gasteiger charge is -2.25. The van der Waals surface area contributed by atoms with E-state index in [0.29, 0.717) is 57.5 Å². The Kier molecular flexibility index (Phi) is 12.1. The number of amides is 4. The van der Waals surface area contributed by atoms with Crippen LogP contribution >= 0.6 is 23.1 Å². The number of anilines is 2. The number of carbonyl (C=O) groups is 5. The van der Waals surface area contributed by atoms with E-state index in [1.165, 1.54) is 30.0 Å². The zero-order valence-electron chi connectivity index (χ0n) is 27.7. The van der Waals surface area contributed by atoms with Crippen molar-refractivity contribution in [3.05, 3.63) is 112 Å². The molecule has 50 heavy (non-hydrogen) atoms. The molecule has 1 aromatic heterocycles. The third kappa shape index (κ3) is 9.18. The number of rotatable bonds is 12. The third-order valence-electron chi connectivity index (χ3n) is 7.63. The number of hydrogen-bond acceptors (Lipinski definition) is 9. The topological polar surface area (TPSA) is 143 Å². The number of nitrogens with zero attached hydrogens (tertiary/aromatic N) is 1. The van der Waals surface area contributed by atoms with Gasteiger partial charge in [-0.3, -0.25) is 19.2 Å². The maximum absolute atomic E-state index is 13.5. The molecule has 13 heteroatoms. The van der Waals surface area contributed by atoms with Gasteiger partial charge in [-0.25, -0.2) is 4.79 Å². The molecule has 3 aromatic carbocycles. The lowest BCUT2D eigenvalue weighted by atomic mass is 10.0. The maximum atomic E-state index is 13.5. The minimum absolute atomic E-state index is 0.0204. The SMILES string of the molecule is CCOC(=O)c1c(NC(=O)CSc2cccc(NC(=O)/C(=C/c3cccc(OC)c3)NC(=O)c3ccccc3)c2)sc2c1CCN(C(C)=O)C2. The van der Waals surface area contributed by atoms with Crippen LogP contribution in [0.2, 0.25) is 0 Å². The molecule has 1 aliphatic heterocycles. The summed E-state index contributed by atoms with van der Waals surface area (Å²) in [5.74, 6) is -1.26. The van der Waals surface area contributed by atoms with E-state index < -0.39 is 17.8 Å². The Bertz CT molecular complexity index is 1940. The second kappa shape index (κ2) is 16.8.